The molecule has 0 aliphatic rings. The van der Waals surface area contributed by atoms with Crippen molar-refractivity contribution in [2.75, 3.05) is 0 Å². The van der Waals surface area contributed by atoms with E-state index in [0.717, 1.165) is 0 Å². The monoisotopic (exact) mass is 299 g/mol. The number of hydrogen-bond donors (Lipinski definition) is 2. The van der Waals surface area contributed by atoms with Gasteiger partial charge in [-0.05, 0) is 26.7 Å². The molecular formula is C13H21N3O3S. The SMILES string of the molecule is CC(C)C(c1nc(C(N)=O)cs1)N(C(=O)O)C(C)(C)C. The number of thiazole rings is 1. The van der Waals surface area contributed by atoms with E-state index in [1.807, 2.05) is 34.6 Å². The Bertz CT molecular complexity index is 505. The van der Waals surface area contributed by atoms with Gasteiger partial charge in [0, 0.05) is 10.9 Å². The van der Waals surface area contributed by atoms with E-state index in [2.05, 4.69) is 4.98 Å². The van der Waals surface area contributed by atoms with E-state index >= 15 is 0 Å². The van der Waals surface area contributed by atoms with Crippen LogP contribution in [0.2, 0.25) is 0 Å². The van der Waals surface area contributed by atoms with Crippen molar-refractivity contribution in [1.82, 2.24) is 9.88 Å². The molecule has 6 nitrogen and oxygen atoms in total. The van der Waals surface area contributed by atoms with Gasteiger partial charge in [0.05, 0.1) is 6.04 Å². The zero-order chi connectivity index (χ0) is 15.7. The first-order chi connectivity index (χ1) is 9.05. The Kier molecular flexibility index (Phi) is 4.75. The molecule has 0 saturated heterocycles. The van der Waals surface area contributed by atoms with Crippen molar-refractivity contribution < 1.29 is 14.7 Å². The number of amides is 2. The molecule has 7 heteroatoms. The predicted octanol–water partition coefficient (Wildman–Crippen LogP) is 2.72. The van der Waals surface area contributed by atoms with Gasteiger partial charge in [-0.3, -0.25) is 9.69 Å². The van der Waals surface area contributed by atoms with Crippen molar-refractivity contribution >= 4 is 23.3 Å². The molecular weight excluding hydrogens is 278 g/mol. The molecule has 0 aromatic carbocycles. The van der Waals surface area contributed by atoms with Crippen LogP contribution in [0.3, 0.4) is 0 Å². The molecule has 1 atom stereocenters. The quantitative estimate of drug-likeness (QED) is 0.893. The van der Waals surface area contributed by atoms with Crippen LogP contribution in [-0.4, -0.2) is 32.5 Å². The second-order valence-electron chi connectivity index (χ2n) is 5.95. The van der Waals surface area contributed by atoms with Crippen molar-refractivity contribution in [3.8, 4) is 0 Å². The number of aromatic nitrogens is 1. The second-order valence-corrected chi connectivity index (χ2v) is 6.84. The van der Waals surface area contributed by atoms with E-state index in [0.29, 0.717) is 5.01 Å². The van der Waals surface area contributed by atoms with Gasteiger partial charge in [0.15, 0.2) is 0 Å². The van der Waals surface area contributed by atoms with Crippen LogP contribution in [0.4, 0.5) is 4.79 Å². The average Bonchev–Trinajstić information content (AvgIpc) is 2.71. The lowest BCUT2D eigenvalue weighted by atomic mass is 9.97. The summed E-state index contributed by atoms with van der Waals surface area (Å²) in [6.45, 7) is 9.35. The second kappa shape index (κ2) is 5.78. The van der Waals surface area contributed by atoms with Gasteiger partial charge in [0.25, 0.3) is 5.91 Å². The maximum atomic E-state index is 11.6. The Morgan fingerprint density at radius 1 is 1.40 bits per heavy atom. The lowest BCUT2D eigenvalue weighted by Gasteiger charge is -2.40. The number of nitrogens with two attached hydrogens (primary N) is 1. The van der Waals surface area contributed by atoms with Crippen LogP contribution in [-0.2, 0) is 0 Å². The summed E-state index contributed by atoms with van der Waals surface area (Å²) in [5.41, 5.74) is 4.81. The van der Waals surface area contributed by atoms with Crippen LogP contribution in [0.15, 0.2) is 5.38 Å². The van der Waals surface area contributed by atoms with Crippen molar-refractivity contribution in [1.29, 1.82) is 0 Å². The molecule has 3 N–H and O–H groups in total. The van der Waals surface area contributed by atoms with Crippen LogP contribution in [0.25, 0.3) is 0 Å². The Morgan fingerprint density at radius 2 is 1.95 bits per heavy atom. The minimum atomic E-state index is -1.01. The Morgan fingerprint density at radius 3 is 2.25 bits per heavy atom. The fourth-order valence-corrected chi connectivity index (χ4v) is 3.12. The fraction of sp³-hybridized carbons (Fsp3) is 0.615. The topological polar surface area (TPSA) is 96.5 Å². The zero-order valence-electron chi connectivity index (χ0n) is 12.4. The van der Waals surface area contributed by atoms with E-state index in [9.17, 15) is 14.7 Å². The van der Waals surface area contributed by atoms with Gasteiger partial charge in [0.1, 0.15) is 10.7 Å². The molecule has 1 unspecified atom stereocenters. The molecule has 0 bridgehead atoms. The summed E-state index contributed by atoms with van der Waals surface area (Å²) in [4.78, 5) is 28.3. The molecule has 20 heavy (non-hydrogen) atoms. The fourth-order valence-electron chi connectivity index (χ4n) is 2.05. The summed E-state index contributed by atoms with van der Waals surface area (Å²) in [7, 11) is 0. The van der Waals surface area contributed by atoms with Crippen molar-refractivity contribution in [3.63, 3.8) is 0 Å². The van der Waals surface area contributed by atoms with Crippen LogP contribution in [0, 0.1) is 5.92 Å². The molecule has 0 aliphatic heterocycles. The predicted molar refractivity (Wildman–Crippen MR) is 77.8 cm³/mol. The summed E-state index contributed by atoms with van der Waals surface area (Å²) in [5.74, 6) is -0.579. The third kappa shape index (κ3) is 3.47. The average molecular weight is 299 g/mol. The highest BCUT2D eigenvalue weighted by molar-refractivity contribution is 7.09. The molecule has 1 heterocycles. The molecule has 1 aromatic heterocycles. The number of carboxylic acid groups (broad SMARTS) is 1. The first kappa shape index (κ1) is 16.4. The number of nitrogens with zero attached hydrogens (tertiary/aromatic N) is 2. The first-order valence-corrected chi connectivity index (χ1v) is 7.21. The highest BCUT2D eigenvalue weighted by atomic mass is 32.1. The Labute approximate surface area is 122 Å². The normalized spacial score (nSPS) is 13.3. The lowest BCUT2D eigenvalue weighted by Crippen LogP contribution is -2.48. The standard InChI is InChI=1S/C13H21N3O3S/c1-7(2)9(16(12(18)19)13(3,4)5)11-15-8(6-20-11)10(14)17/h6-7,9H,1-5H3,(H2,14,17)(H,18,19). The van der Waals surface area contributed by atoms with Crippen molar-refractivity contribution in [2.45, 2.75) is 46.2 Å². The molecule has 0 spiro atoms. The van der Waals surface area contributed by atoms with Gasteiger partial charge in [-0.1, -0.05) is 13.8 Å². The number of primary amides is 1. The number of carbonyl (C=O) groups excluding carboxylic acids is 1. The van der Waals surface area contributed by atoms with E-state index < -0.39 is 23.6 Å². The highest BCUT2D eigenvalue weighted by Crippen LogP contribution is 2.35. The molecule has 0 saturated carbocycles. The third-order valence-electron chi connectivity index (χ3n) is 2.87. The van der Waals surface area contributed by atoms with Crippen LogP contribution in [0.5, 0.6) is 0 Å². The van der Waals surface area contributed by atoms with Crippen LogP contribution < -0.4 is 5.73 Å². The molecule has 112 valence electrons. The molecule has 2 amide bonds. The van der Waals surface area contributed by atoms with Crippen molar-refractivity contribution in [3.05, 3.63) is 16.1 Å². The lowest BCUT2D eigenvalue weighted by molar-refractivity contribution is 0.0534. The zero-order valence-corrected chi connectivity index (χ0v) is 13.2. The van der Waals surface area contributed by atoms with E-state index in [1.54, 1.807) is 5.38 Å². The van der Waals surface area contributed by atoms with Gasteiger partial charge < -0.3 is 10.8 Å². The van der Waals surface area contributed by atoms with Gasteiger partial charge in [-0.2, -0.15) is 0 Å². The van der Waals surface area contributed by atoms with Gasteiger partial charge in [0.2, 0.25) is 0 Å². The summed E-state index contributed by atoms with van der Waals surface area (Å²) in [5, 5.41) is 11.7. The van der Waals surface area contributed by atoms with E-state index in [4.69, 9.17) is 5.73 Å². The van der Waals surface area contributed by atoms with E-state index in [-0.39, 0.29) is 11.6 Å². The largest absolute Gasteiger partial charge is 0.465 e. The number of hydrogen-bond acceptors (Lipinski definition) is 4. The van der Waals surface area contributed by atoms with Gasteiger partial charge >= 0.3 is 6.09 Å². The Balaban J connectivity index is 3.28. The van der Waals surface area contributed by atoms with Gasteiger partial charge in [-0.15, -0.1) is 11.3 Å². The van der Waals surface area contributed by atoms with E-state index in [1.165, 1.54) is 16.2 Å². The first-order valence-electron chi connectivity index (χ1n) is 6.33. The molecule has 0 aliphatic carbocycles. The Hall–Kier alpha value is -1.63. The minimum Gasteiger partial charge on any atom is -0.465 e. The minimum absolute atomic E-state index is 0.0252. The van der Waals surface area contributed by atoms with Crippen molar-refractivity contribution in [2.24, 2.45) is 11.7 Å². The molecule has 0 radical (unpaired) electrons. The van der Waals surface area contributed by atoms with Crippen LogP contribution in [0.1, 0.15) is 56.2 Å². The number of rotatable bonds is 4. The summed E-state index contributed by atoms with van der Waals surface area (Å²) in [6.07, 6.45) is -1.01. The summed E-state index contributed by atoms with van der Waals surface area (Å²) in [6, 6.07) is -0.411. The molecule has 0 fully saturated rings. The summed E-state index contributed by atoms with van der Waals surface area (Å²) < 4.78 is 0. The summed E-state index contributed by atoms with van der Waals surface area (Å²) >= 11 is 1.26. The highest BCUT2D eigenvalue weighted by Gasteiger charge is 2.37. The molecule has 1 rings (SSSR count). The molecule has 1 aromatic rings. The van der Waals surface area contributed by atoms with Crippen LogP contribution >= 0.6 is 11.3 Å². The van der Waals surface area contributed by atoms with Gasteiger partial charge in [-0.25, -0.2) is 9.78 Å². The maximum Gasteiger partial charge on any atom is 0.408 e. The maximum absolute atomic E-state index is 11.6. The third-order valence-corrected chi connectivity index (χ3v) is 3.78. The smallest absolute Gasteiger partial charge is 0.408 e. The number of carbonyl (C=O) groups is 2.